The first kappa shape index (κ1) is 15.6. The van der Waals surface area contributed by atoms with Gasteiger partial charge in [0.05, 0.1) is 23.0 Å². The smallest absolute Gasteiger partial charge is 0.260 e. The first-order valence-corrected chi connectivity index (χ1v) is 7.38. The molecule has 1 saturated heterocycles. The second-order valence-electron chi connectivity index (χ2n) is 5.82. The SMILES string of the molecule is CC1CN(c2sc(C(N)=O)c(N)c2C(N)=O)CC(C)(C)O1. The van der Waals surface area contributed by atoms with Gasteiger partial charge in [0.1, 0.15) is 9.88 Å². The number of carbonyl (C=O) groups excluding carboxylic acids is 2. The Labute approximate surface area is 127 Å². The molecule has 2 heterocycles. The van der Waals surface area contributed by atoms with Gasteiger partial charge in [0, 0.05) is 13.1 Å². The fraction of sp³-hybridized carbons (Fsp3) is 0.538. The maximum absolute atomic E-state index is 11.7. The number of carbonyl (C=O) groups is 2. The Morgan fingerprint density at radius 2 is 1.95 bits per heavy atom. The van der Waals surface area contributed by atoms with E-state index in [9.17, 15) is 9.59 Å². The number of rotatable bonds is 3. The molecular weight excluding hydrogens is 292 g/mol. The zero-order valence-corrected chi connectivity index (χ0v) is 13.1. The van der Waals surface area contributed by atoms with E-state index in [-0.39, 0.29) is 27.8 Å². The van der Waals surface area contributed by atoms with Crippen LogP contribution in [0.5, 0.6) is 0 Å². The van der Waals surface area contributed by atoms with Crippen LogP contribution in [0.3, 0.4) is 0 Å². The molecule has 8 heteroatoms. The second-order valence-corrected chi connectivity index (χ2v) is 6.82. The van der Waals surface area contributed by atoms with Crippen LogP contribution in [0.2, 0.25) is 0 Å². The van der Waals surface area contributed by atoms with E-state index in [1.54, 1.807) is 0 Å². The monoisotopic (exact) mass is 312 g/mol. The quantitative estimate of drug-likeness (QED) is 0.751. The standard InChI is InChI=1S/C13H20N4O3S/c1-6-4-17(5-13(2,3)20-6)12-7(10(15)18)8(14)9(21-12)11(16)19/h6H,4-5,14H2,1-3H3,(H2,15,18)(H2,16,19). The van der Waals surface area contributed by atoms with Crippen LogP contribution < -0.4 is 22.1 Å². The van der Waals surface area contributed by atoms with Crippen molar-refractivity contribution < 1.29 is 14.3 Å². The summed E-state index contributed by atoms with van der Waals surface area (Å²) in [4.78, 5) is 25.3. The van der Waals surface area contributed by atoms with E-state index in [1.165, 1.54) is 0 Å². The molecule has 116 valence electrons. The lowest BCUT2D eigenvalue weighted by molar-refractivity contribution is -0.0748. The van der Waals surface area contributed by atoms with Crippen molar-refractivity contribution in [3.8, 4) is 0 Å². The predicted molar refractivity (Wildman–Crippen MR) is 82.6 cm³/mol. The fourth-order valence-corrected chi connectivity index (χ4v) is 3.77. The van der Waals surface area contributed by atoms with Crippen LogP contribution in [-0.2, 0) is 4.74 Å². The number of thiophene rings is 1. The van der Waals surface area contributed by atoms with Crippen molar-refractivity contribution in [3.05, 3.63) is 10.4 Å². The molecule has 0 spiro atoms. The van der Waals surface area contributed by atoms with E-state index in [1.807, 2.05) is 25.7 Å². The number of anilines is 2. The topological polar surface area (TPSA) is 125 Å². The molecule has 0 radical (unpaired) electrons. The van der Waals surface area contributed by atoms with Gasteiger partial charge in [-0.2, -0.15) is 0 Å². The molecule has 0 bridgehead atoms. The van der Waals surface area contributed by atoms with Crippen molar-refractivity contribution in [2.24, 2.45) is 11.5 Å². The van der Waals surface area contributed by atoms with Crippen LogP contribution in [0.1, 0.15) is 40.8 Å². The van der Waals surface area contributed by atoms with Gasteiger partial charge in [0.25, 0.3) is 11.8 Å². The molecule has 0 aromatic carbocycles. The van der Waals surface area contributed by atoms with Crippen molar-refractivity contribution in [2.45, 2.75) is 32.5 Å². The molecule has 1 aliphatic rings. The summed E-state index contributed by atoms with van der Waals surface area (Å²) >= 11 is 1.10. The van der Waals surface area contributed by atoms with Gasteiger partial charge >= 0.3 is 0 Å². The molecule has 21 heavy (non-hydrogen) atoms. The van der Waals surface area contributed by atoms with Gasteiger partial charge in [-0.1, -0.05) is 0 Å². The summed E-state index contributed by atoms with van der Waals surface area (Å²) in [5.74, 6) is -1.32. The molecule has 2 rings (SSSR count). The van der Waals surface area contributed by atoms with Crippen molar-refractivity contribution in [1.82, 2.24) is 0 Å². The first-order valence-electron chi connectivity index (χ1n) is 6.57. The Morgan fingerprint density at radius 3 is 2.43 bits per heavy atom. The molecule has 1 unspecified atom stereocenters. The van der Waals surface area contributed by atoms with Gasteiger partial charge in [-0.3, -0.25) is 9.59 Å². The highest BCUT2D eigenvalue weighted by atomic mass is 32.1. The third kappa shape index (κ3) is 2.96. The zero-order valence-electron chi connectivity index (χ0n) is 12.3. The Hall–Kier alpha value is -1.80. The van der Waals surface area contributed by atoms with Crippen molar-refractivity contribution in [1.29, 1.82) is 0 Å². The number of ether oxygens (including phenoxy) is 1. The lowest BCUT2D eigenvalue weighted by Crippen LogP contribution is -2.52. The highest BCUT2D eigenvalue weighted by Crippen LogP contribution is 2.40. The molecule has 0 aliphatic carbocycles. The molecule has 1 aliphatic heterocycles. The Morgan fingerprint density at radius 1 is 1.33 bits per heavy atom. The van der Waals surface area contributed by atoms with Crippen molar-refractivity contribution >= 4 is 33.8 Å². The summed E-state index contributed by atoms with van der Waals surface area (Å²) in [6.45, 7) is 7.03. The van der Waals surface area contributed by atoms with Gasteiger partial charge in [-0.15, -0.1) is 11.3 Å². The fourth-order valence-electron chi connectivity index (χ4n) is 2.68. The number of nitrogens with zero attached hydrogens (tertiary/aromatic N) is 1. The van der Waals surface area contributed by atoms with Gasteiger partial charge in [0.2, 0.25) is 0 Å². The van der Waals surface area contributed by atoms with Gasteiger partial charge in [0.15, 0.2) is 0 Å². The third-order valence-corrected chi connectivity index (χ3v) is 4.53. The minimum absolute atomic E-state index is 0.0187. The minimum atomic E-state index is -0.664. The number of nitrogens with two attached hydrogens (primary N) is 3. The maximum Gasteiger partial charge on any atom is 0.260 e. The number of morpholine rings is 1. The Bertz CT molecular complexity index is 596. The number of primary amides is 2. The summed E-state index contributed by atoms with van der Waals surface area (Å²) in [6, 6.07) is 0. The Balaban J connectivity index is 2.50. The summed E-state index contributed by atoms with van der Waals surface area (Å²) in [6.07, 6.45) is -0.0187. The number of hydrogen-bond acceptors (Lipinski definition) is 6. The molecule has 1 aromatic rings. The molecular formula is C13H20N4O3S. The van der Waals surface area contributed by atoms with Crippen LogP contribution in [0, 0.1) is 0 Å². The first-order chi connectivity index (χ1) is 9.62. The van der Waals surface area contributed by atoms with Crippen LogP contribution in [-0.4, -0.2) is 36.6 Å². The second kappa shape index (κ2) is 5.19. The van der Waals surface area contributed by atoms with E-state index in [2.05, 4.69) is 0 Å². The van der Waals surface area contributed by atoms with Crippen LogP contribution >= 0.6 is 11.3 Å². The van der Waals surface area contributed by atoms with Gasteiger partial charge < -0.3 is 26.8 Å². The maximum atomic E-state index is 11.7. The molecule has 1 fully saturated rings. The minimum Gasteiger partial charge on any atom is -0.397 e. The Kier molecular flexibility index (Phi) is 3.85. The van der Waals surface area contributed by atoms with E-state index >= 15 is 0 Å². The average Bonchev–Trinajstić information content (AvgIpc) is 2.64. The number of nitrogen functional groups attached to an aromatic ring is 1. The molecule has 0 saturated carbocycles. The largest absolute Gasteiger partial charge is 0.397 e. The van der Waals surface area contributed by atoms with Crippen LogP contribution in [0.15, 0.2) is 0 Å². The zero-order chi connectivity index (χ0) is 15.9. The summed E-state index contributed by atoms with van der Waals surface area (Å²) < 4.78 is 5.83. The summed E-state index contributed by atoms with van der Waals surface area (Å²) in [7, 11) is 0. The van der Waals surface area contributed by atoms with Gasteiger partial charge in [-0.25, -0.2) is 0 Å². The van der Waals surface area contributed by atoms with Crippen LogP contribution in [0.4, 0.5) is 10.7 Å². The van der Waals surface area contributed by atoms with Crippen molar-refractivity contribution in [2.75, 3.05) is 23.7 Å². The lowest BCUT2D eigenvalue weighted by Gasteiger charge is -2.42. The van der Waals surface area contributed by atoms with Crippen molar-refractivity contribution in [3.63, 3.8) is 0 Å². The predicted octanol–water partition coefficient (Wildman–Crippen LogP) is 0.532. The molecule has 2 amide bonds. The lowest BCUT2D eigenvalue weighted by atomic mass is 10.1. The number of amides is 2. The van der Waals surface area contributed by atoms with Crippen LogP contribution in [0.25, 0.3) is 0 Å². The summed E-state index contributed by atoms with van der Waals surface area (Å²) in [5.41, 5.74) is 16.4. The van der Waals surface area contributed by atoms with E-state index in [0.29, 0.717) is 18.1 Å². The molecule has 6 N–H and O–H groups in total. The van der Waals surface area contributed by atoms with E-state index in [4.69, 9.17) is 21.9 Å². The molecule has 1 atom stereocenters. The number of hydrogen-bond donors (Lipinski definition) is 3. The average molecular weight is 312 g/mol. The molecule has 7 nitrogen and oxygen atoms in total. The highest BCUT2D eigenvalue weighted by molar-refractivity contribution is 7.19. The molecule has 1 aromatic heterocycles. The van der Waals surface area contributed by atoms with E-state index < -0.39 is 11.8 Å². The van der Waals surface area contributed by atoms with E-state index in [0.717, 1.165) is 11.3 Å². The van der Waals surface area contributed by atoms with Gasteiger partial charge in [-0.05, 0) is 20.8 Å². The normalized spacial score (nSPS) is 21.3. The highest BCUT2D eigenvalue weighted by Gasteiger charge is 2.35. The third-order valence-electron chi connectivity index (χ3n) is 3.25. The summed E-state index contributed by atoms with van der Waals surface area (Å²) in [5, 5.41) is 0.581.